The second-order valence-electron chi connectivity index (χ2n) is 6.71. The SMILES string of the molecule is Cc1ccc(SCC(F)(F)F)c(NC(=O)[C@H]2CNC[C@@H]2c2cnn(C)c2)c1. The van der Waals surface area contributed by atoms with Gasteiger partial charge in [-0.15, -0.1) is 11.8 Å². The van der Waals surface area contributed by atoms with Gasteiger partial charge in [-0.25, -0.2) is 0 Å². The summed E-state index contributed by atoms with van der Waals surface area (Å²) < 4.78 is 39.4. The number of halogens is 3. The van der Waals surface area contributed by atoms with Gasteiger partial charge in [-0.05, 0) is 30.2 Å². The van der Waals surface area contributed by atoms with Crippen molar-refractivity contribution in [2.75, 3.05) is 24.2 Å². The second-order valence-corrected chi connectivity index (χ2v) is 7.73. The van der Waals surface area contributed by atoms with Crippen LogP contribution in [0.15, 0.2) is 35.5 Å². The number of nitrogens with one attached hydrogen (secondary N) is 2. The van der Waals surface area contributed by atoms with Crippen molar-refractivity contribution in [2.24, 2.45) is 13.0 Å². The quantitative estimate of drug-likeness (QED) is 0.759. The summed E-state index contributed by atoms with van der Waals surface area (Å²) in [6.07, 6.45) is -0.637. The Labute approximate surface area is 159 Å². The molecule has 0 bridgehead atoms. The highest BCUT2D eigenvalue weighted by atomic mass is 32.2. The molecule has 1 aliphatic heterocycles. The summed E-state index contributed by atoms with van der Waals surface area (Å²) in [5.41, 5.74) is 2.26. The molecule has 27 heavy (non-hydrogen) atoms. The molecule has 0 radical (unpaired) electrons. The number of aryl methyl sites for hydroxylation is 2. The highest BCUT2D eigenvalue weighted by Crippen LogP contribution is 2.34. The van der Waals surface area contributed by atoms with Crippen LogP contribution in [0.5, 0.6) is 0 Å². The first-order chi connectivity index (χ1) is 12.7. The zero-order chi connectivity index (χ0) is 19.6. The lowest BCUT2D eigenvalue weighted by atomic mass is 9.90. The van der Waals surface area contributed by atoms with E-state index in [0.29, 0.717) is 35.4 Å². The minimum Gasteiger partial charge on any atom is -0.325 e. The van der Waals surface area contributed by atoms with Crippen LogP contribution in [0.25, 0.3) is 0 Å². The summed E-state index contributed by atoms with van der Waals surface area (Å²) >= 11 is 0.679. The zero-order valence-electron chi connectivity index (χ0n) is 15.0. The number of carbonyl (C=O) groups excluding carboxylic acids is 1. The summed E-state index contributed by atoms with van der Waals surface area (Å²) in [5, 5.41) is 10.2. The molecule has 2 N–H and O–H groups in total. The first kappa shape index (κ1) is 19.8. The molecule has 0 spiro atoms. The number of rotatable bonds is 5. The first-order valence-corrected chi connectivity index (χ1v) is 9.52. The van der Waals surface area contributed by atoms with E-state index in [1.54, 1.807) is 29.1 Å². The normalized spacial score (nSPS) is 20.0. The second kappa shape index (κ2) is 7.93. The number of carbonyl (C=O) groups is 1. The van der Waals surface area contributed by atoms with Crippen LogP contribution in [0.4, 0.5) is 18.9 Å². The van der Waals surface area contributed by atoms with Gasteiger partial charge >= 0.3 is 6.18 Å². The molecule has 5 nitrogen and oxygen atoms in total. The molecule has 2 heterocycles. The number of hydrogen-bond donors (Lipinski definition) is 2. The van der Waals surface area contributed by atoms with Gasteiger partial charge in [0, 0.05) is 37.1 Å². The molecule has 1 aromatic heterocycles. The van der Waals surface area contributed by atoms with Gasteiger partial charge in [0.15, 0.2) is 0 Å². The molecular formula is C18H21F3N4OS. The number of aromatic nitrogens is 2. The summed E-state index contributed by atoms with van der Waals surface area (Å²) in [4.78, 5) is 13.3. The molecule has 1 amide bonds. The van der Waals surface area contributed by atoms with Gasteiger partial charge in [0.2, 0.25) is 5.91 Å². The number of amides is 1. The Morgan fingerprint density at radius 2 is 2.19 bits per heavy atom. The van der Waals surface area contributed by atoms with Gasteiger partial charge in [0.1, 0.15) is 0 Å². The maximum Gasteiger partial charge on any atom is 0.398 e. The fraction of sp³-hybridized carbons (Fsp3) is 0.444. The fourth-order valence-electron chi connectivity index (χ4n) is 3.19. The van der Waals surface area contributed by atoms with Crippen LogP contribution in [-0.4, -0.2) is 40.7 Å². The lowest BCUT2D eigenvalue weighted by Crippen LogP contribution is -2.28. The maximum atomic E-state index is 12.9. The van der Waals surface area contributed by atoms with Gasteiger partial charge in [-0.1, -0.05) is 6.07 Å². The number of benzene rings is 1. The highest BCUT2D eigenvalue weighted by Gasteiger charge is 2.35. The number of hydrogen-bond acceptors (Lipinski definition) is 4. The molecular weight excluding hydrogens is 377 g/mol. The van der Waals surface area contributed by atoms with Crippen LogP contribution in [-0.2, 0) is 11.8 Å². The topological polar surface area (TPSA) is 59.0 Å². The minimum absolute atomic E-state index is 0.0187. The summed E-state index contributed by atoms with van der Waals surface area (Å²) in [7, 11) is 1.82. The van der Waals surface area contributed by atoms with Crippen molar-refractivity contribution in [1.29, 1.82) is 0 Å². The van der Waals surface area contributed by atoms with Gasteiger partial charge in [-0.2, -0.15) is 18.3 Å². The molecule has 1 fully saturated rings. The highest BCUT2D eigenvalue weighted by molar-refractivity contribution is 7.99. The molecule has 0 unspecified atom stereocenters. The van der Waals surface area contributed by atoms with Crippen molar-refractivity contribution in [3.05, 3.63) is 41.7 Å². The fourth-order valence-corrected chi connectivity index (χ4v) is 3.94. The van der Waals surface area contributed by atoms with Crippen LogP contribution in [0.1, 0.15) is 17.0 Å². The predicted octanol–water partition coefficient (Wildman–Crippen LogP) is 3.32. The van der Waals surface area contributed by atoms with E-state index in [-0.39, 0.29) is 17.7 Å². The number of anilines is 1. The van der Waals surface area contributed by atoms with Crippen molar-refractivity contribution < 1.29 is 18.0 Å². The van der Waals surface area contributed by atoms with Crippen LogP contribution in [0.3, 0.4) is 0 Å². The molecule has 1 aliphatic rings. The van der Waals surface area contributed by atoms with Gasteiger partial charge < -0.3 is 10.6 Å². The lowest BCUT2D eigenvalue weighted by molar-refractivity contribution is -0.119. The van der Waals surface area contributed by atoms with E-state index in [2.05, 4.69) is 15.7 Å². The van der Waals surface area contributed by atoms with Crippen molar-refractivity contribution in [3.8, 4) is 0 Å². The third-order valence-corrected chi connectivity index (χ3v) is 5.63. The van der Waals surface area contributed by atoms with E-state index in [1.807, 2.05) is 20.2 Å². The van der Waals surface area contributed by atoms with Gasteiger partial charge in [-0.3, -0.25) is 9.48 Å². The summed E-state index contributed by atoms with van der Waals surface area (Å²) in [5.74, 6) is -1.53. The smallest absolute Gasteiger partial charge is 0.325 e. The predicted molar refractivity (Wildman–Crippen MR) is 98.9 cm³/mol. The monoisotopic (exact) mass is 398 g/mol. The number of alkyl halides is 3. The standard InChI is InChI=1S/C18H21F3N4OS/c1-11-3-4-16(27-10-18(19,20)21)15(5-11)24-17(26)14-8-22-7-13(14)12-6-23-25(2)9-12/h3-6,9,13-14,22H,7-8,10H2,1-2H3,(H,24,26)/t13-,14+/m1/s1. The summed E-state index contributed by atoms with van der Waals surface area (Å²) in [6, 6.07) is 5.06. The van der Waals surface area contributed by atoms with E-state index in [9.17, 15) is 18.0 Å². The van der Waals surface area contributed by atoms with E-state index in [4.69, 9.17) is 0 Å². The average Bonchev–Trinajstić information content (AvgIpc) is 3.21. The lowest BCUT2D eigenvalue weighted by Gasteiger charge is -2.19. The van der Waals surface area contributed by atoms with Crippen molar-refractivity contribution in [3.63, 3.8) is 0 Å². The van der Waals surface area contributed by atoms with E-state index >= 15 is 0 Å². The van der Waals surface area contributed by atoms with E-state index in [1.165, 1.54) is 0 Å². The third-order valence-electron chi connectivity index (χ3n) is 4.49. The number of nitrogens with zero attached hydrogens (tertiary/aromatic N) is 2. The third kappa shape index (κ3) is 5.04. The molecule has 1 saturated heterocycles. The van der Waals surface area contributed by atoms with Crippen molar-refractivity contribution in [2.45, 2.75) is 23.9 Å². The summed E-state index contributed by atoms with van der Waals surface area (Å²) in [6.45, 7) is 3.01. The molecule has 0 saturated carbocycles. The molecule has 3 rings (SSSR count). The molecule has 146 valence electrons. The Bertz CT molecular complexity index is 821. The Balaban J connectivity index is 1.76. The van der Waals surface area contributed by atoms with Crippen LogP contribution < -0.4 is 10.6 Å². The largest absolute Gasteiger partial charge is 0.398 e. The molecule has 2 atom stereocenters. The molecule has 2 aromatic rings. The Morgan fingerprint density at radius 1 is 1.41 bits per heavy atom. The van der Waals surface area contributed by atoms with Crippen LogP contribution >= 0.6 is 11.8 Å². The Hall–Kier alpha value is -2.00. The van der Waals surface area contributed by atoms with Crippen molar-refractivity contribution in [1.82, 2.24) is 15.1 Å². The van der Waals surface area contributed by atoms with Crippen LogP contribution in [0, 0.1) is 12.8 Å². The Morgan fingerprint density at radius 3 is 2.85 bits per heavy atom. The zero-order valence-corrected chi connectivity index (χ0v) is 15.8. The van der Waals surface area contributed by atoms with E-state index in [0.717, 1.165) is 11.1 Å². The maximum absolute atomic E-state index is 12.9. The van der Waals surface area contributed by atoms with Crippen LogP contribution in [0.2, 0.25) is 0 Å². The molecule has 9 heteroatoms. The minimum atomic E-state index is -4.27. The number of thioether (sulfide) groups is 1. The Kier molecular flexibility index (Phi) is 5.81. The first-order valence-electron chi connectivity index (χ1n) is 8.53. The average molecular weight is 398 g/mol. The van der Waals surface area contributed by atoms with Gasteiger partial charge in [0.25, 0.3) is 0 Å². The molecule has 0 aliphatic carbocycles. The van der Waals surface area contributed by atoms with E-state index < -0.39 is 11.9 Å². The molecule has 1 aromatic carbocycles. The van der Waals surface area contributed by atoms with Gasteiger partial charge in [0.05, 0.1) is 23.6 Å². The van der Waals surface area contributed by atoms with Crippen molar-refractivity contribution >= 4 is 23.4 Å².